The zero-order valence-corrected chi connectivity index (χ0v) is 10.7. The predicted octanol–water partition coefficient (Wildman–Crippen LogP) is 2.43. The first kappa shape index (κ1) is 12.8. The van der Waals surface area contributed by atoms with Gasteiger partial charge in [0.2, 0.25) is 0 Å². The van der Waals surface area contributed by atoms with Gasteiger partial charge in [0.05, 0.1) is 18.2 Å². The molecule has 1 heterocycles. The molecular weight excluding hydrogens is 242 g/mol. The molecule has 0 spiro atoms. The van der Waals surface area contributed by atoms with Crippen LogP contribution in [0, 0.1) is 18.3 Å². The fourth-order valence-electron chi connectivity index (χ4n) is 1.70. The number of esters is 1. The predicted molar refractivity (Wildman–Crippen MR) is 69.4 cm³/mol. The van der Waals surface area contributed by atoms with Crippen LogP contribution in [0.1, 0.15) is 28.7 Å². The molecule has 5 nitrogen and oxygen atoms in total. The number of nitriles is 1. The Balaban J connectivity index is 2.33. The number of ether oxygens (including phenoxy) is 1. The van der Waals surface area contributed by atoms with E-state index in [4.69, 9.17) is 10.00 Å². The second-order valence-corrected chi connectivity index (χ2v) is 3.97. The van der Waals surface area contributed by atoms with Gasteiger partial charge in [-0.2, -0.15) is 5.26 Å². The monoisotopic (exact) mass is 255 g/mol. The maximum absolute atomic E-state index is 11.7. The molecule has 0 saturated heterocycles. The van der Waals surface area contributed by atoms with E-state index in [-0.39, 0.29) is 0 Å². The lowest BCUT2D eigenvalue weighted by atomic mass is 10.1. The average Bonchev–Trinajstić information content (AvgIpc) is 2.81. The van der Waals surface area contributed by atoms with Crippen molar-refractivity contribution in [1.29, 1.82) is 5.26 Å². The highest BCUT2D eigenvalue weighted by Gasteiger charge is 2.16. The zero-order valence-electron chi connectivity index (χ0n) is 10.7. The molecule has 2 rings (SSSR count). The van der Waals surface area contributed by atoms with Crippen LogP contribution in [-0.2, 0) is 4.74 Å². The summed E-state index contributed by atoms with van der Waals surface area (Å²) in [6.07, 6.45) is 0. The standard InChI is InChI=1S/C14H13N3O2/c1-3-19-14(18)12-9(2)16-13(17-12)11-6-4-10(8-15)5-7-11/h4-7H,3H2,1-2H3,(H,16,17). The number of hydrogen-bond acceptors (Lipinski definition) is 4. The fraction of sp³-hybridized carbons (Fsp3) is 0.214. The summed E-state index contributed by atoms with van der Waals surface area (Å²) in [5, 5.41) is 8.74. The Labute approximate surface area is 110 Å². The molecule has 0 unspecified atom stereocenters. The minimum atomic E-state index is -0.434. The molecule has 1 aromatic heterocycles. The lowest BCUT2D eigenvalue weighted by Crippen LogP contribution is -2.06. The van der Waals surface area contributed by atoms with Crippen molar-refractivity contribution >= 4 is 5.97 Å². The van der Waals surface area contributed by atoms with Gasteiger partial charge < -0.3 is 9.72 Å². The van der Waals surface area contributed by atoms with Crippen LogP contribution < -0.4 is 0 Å². The van der Waals surface area contributed by atoms with E-state index in [2.05, 4.69) is 16.0 Å². The number of nitrogens with zero attached hydrogens (tertiary/aromatic N) is 2. The molecule has 0 fully saturated rings. The quantitative estimate of drug-likeness (QED) is 0.854. The van der Waals surface area contributed by atoms with Gasteiger partial charge in [-0.15, -0.1) is 0 Å². The van der Waals surface area contributed by atoms with E-state index in [0.717, 1.165) is 5.56 Å². The Kier molecular flexibility index (Phi) is 3.62. The number of imidazole rings is 1. The number of H-pyrrole nitrogens is 1. The van der Waals surface area contributed by atoms with Crippen LogP contribution >= 0.6 is 0 Å². The second-order valence-electron chi connectivity index (χ2n) is 3.97. The summed E-state index contributed by atoms with van der Waals surface area (Å²) in [7, 11) is 0. The third-order valence-electron chi connectivity index (χ3n) is 2.64. The molecule has 0 amide bonds. The highest BCUT2D eigenvalue weighted by Crippen LogP contribution is 2.19. The number of rotatable bonds is 3. The summed E-state index contributed by atoms with van der Waals surface area (Å²) >= 11 is 0. The number of nitrogens with one attached hydrogen (secondary N) is 1. The van der Waals surface area contributed by atoms with Crippen molar-refractivity contribution in [2.24, 2.45) is 0 Å². The SMILES string of the molecule is CCOC(=O)c1nc(-c2ccc(C#N)cc2)[nH]c1C. The normalized spacial score (nSPS) is 9.95. The summed E-state index contributed by atoms with van der Waals surface area (Å²) in [4.78, 5) is 18.9. The van der Waals surface area contributed by atoms with Crippen LogP contribution in [0.4, 0.5) is 0 Å². The van der Waals surface area contributed by atoms with E-state index < -0.39 is 5.97 Å². The van der Waals surface area contributed by atoms with Gasteiger partial charge in [-0.25, -0.2) is 9.78 Å². The van der Waals surface area contributed by atoms with E-state index >= 15 is 0 Å². The van der Waals surface area contributed by atoms with Gasteiger partial charge in [0.15, 0.2) is 5.69 Å². The number of aromatic amines is 1. The minimum Gasteiger partial charge on any atom is -0.461 e. The van der Waals surface area contributed by atoms with E-state index in [1.165, 1.54) is 0 Å². The number of carbonyl (C=O) groups excluding carboxylic acids is 1. The molecule has 0 aliphatic heterocycles. The van der Waals surface area contributed by atoms with Crippen LogP contribution in [-0.4, -0.2) is 22.5 Å². The molecule has 0 aliphatic carbocycles. The molecule has 1 aromatic carbocycles. The first-order valence-electron chi connectivity index (χ1n) is 5.90. The number of hydrogen-bond donors (Lipinski definition) is 1. The van der Waals surface area contributed by atoms with Gasteiger partial charge in [-0.1, -0.05) is 0 Å². The van der Waals surface area contributed by atoms with E-state index in [0.29, 0.717) is 29.4 Å². The summed E-state index contributed by atoms with van der Waals surface area (Å²) < 4.78 is 4.93. The van der Waals surface area contributed by atoms with Gasteiger partial charge >= 0.3 is 5.97 Å². The summed E-state index contributed by atoms with van der Waals surface area (Å²) in [5.41, 5.74) is 2.36. The molecule has 5 heteroatoms. The Morgan fingerprint density at radius 3 is 2.68 bits per heavy atom. The van der Waals surface area contributed by atoms with Gasteiger partial charge in [-0.05, 0) is 38.1 Å². The smallest absolute Gasteiger partial charge is 0.358 e. The lowest BCUT2D eigenvalue weighted by Gasteiger charge is -1.98. The number of aryl methyl sites for hydroxylation is 1. The molecule has 0 saturated carbocycles. The number of aromatic nitrogens is 2. The first-order chi connectivity index (χ1) is 9.15. The van der Waals surface area contributed by atoms with Crippen molar-refractivity contribution in [2.75, 3.05) is 6.61 Å². The van der Waals surface area contributed by atoms with E-state index in [1.807, 2.05) is 0 Å². The Bertz CT molecular complexity index is 636. The molecule has 2 aromatic rings. The fourth-order valence-corrected chi connectivity index (χ4v) is 1.70. The van der Waals surface area contributed by atoms with Gasteiger partial charge in [-0.3, -0.25) is 0 Å². The highest BCUT2D eigenvalue weighted by atomic mass is 16.5. The van der Waals surface area contributed by atoms with E-state index in [1.54, 1.807) is 38.1 Å². The average molecular weight is 255 g/mol. The maximum Gasteiger partial charge on any atom is 0.358 e. The van der Waals surface area contributed by atoms with Gasteiger partial charge in [0.25, 0.3) is 0 Å². The Morgan fingerprint density at radius 1 is 1.42 bits per heavy atom. The summed E-state index contributed by atoms with van der Waals surface area (Å²) in [6.45, 7) is 3.84. The highest BCUT2D eigenvalue weighted by molar-refractivity contribution is 5.89. The van der Waals surface area contributed by atoms with Crippen LogP contribution in [0.2, 0.25) is 0 Å². The van der Waals surface area contributed by atoms with Crippen molar-refractivity contribution in [2.45, 2.75) is 13.8 Å². The molecule has 0 bridgehead atoms. The second kappa shape index (κ2) is 5.36. The lowest BCUT2D eigenvalue weighted by molar-refractivity contribution is 0.0519. The van der Waals surface area contributed by atoms with Crippen molar-refractivity contribution in [3.63, 3.8) is 0 Å². The number of carbonyl (C=O) groups is 1. The third kappa shape index (κ3) is 2.63. The van der Waals surface area contributed by atoms with E-state index in [9.17, 15) is 4.79 Å². The molecule has 0 atom stereocenters. The largest absolute Gasteiger partial charge is 0.461 e. The Morgan fingerprint density at radius 2 is 2.11 bits per heavy atom. The van der Waals surface area contributed by atoms with Crippen molar-refractivity contribution < 1.29 is 9.53 Å². The minimum absolute atomic E-state index is 0.293. The van der Waals surface area contributed by atoms with Crippen LogP contribution in [0.15, 0.2) is 24.3 Å². The van der Waals surface area contributed by atoms with Crippen molar-refractivity contribution in [1.82, 2.24) is 9.97 Å². The Hall–Kier alpha value is -2.61. The van der Waals surface area contributed by atoms with Crippen LogP contribution in [0.25, 0.3) is 11.4 Å². The maximum atomic E-state index is 11.7. The van der Waals surface area contributed by atoms with Crippen molar-refractivity contribution in [3.05, 3.63) is 41.2 Å². The first-order valence-corrected chi connectivity index (χ1v) is 5.90. The topological polar surface area (TPSA) is 78.8 Å². The van der Waals surface area contributed by atoms with Gasteiger partial charge in [0.1, 0.15) is 5.82 Å². The van der Waals surface area contributed by atoms with Crippen LogP contribution in [0.5, 0.6) is 0 Å². The van der Waals surface area contributed by atoms with Gasteiger partial charge in [0, 0.05) is 11.3 Å². The molecule has 0 radical (unpaired) electrons. The third-order valence-corrected chi connectivity index (χ3v) is 2.64. The zero-order chi connectivity index (χ0) is 13.8. The summed E-state index contributed by atoms with van der Waals surface area (Å²) in [5.74, 6) is 0.154. The molecule has 1 N–H and O–H groups in total. The molecule has 96 valence electrons. The van der Waals surface area contributed by atoms with Crippen molar-refractivity contribution in [3.8, 4) is 17.5 Å². The molecule has 19 heavy (non-hydrogen) atoms. The number of benzene rings is 1. The summed E-state index contributed by atoms with van der Waals surface area (Å²) in [6, 6.07) is 9.03. The molecular formula is C14H13N3O2. The molecule has 0 aliphatic rings. The van der Waals surface area contributed by atoms with Crippen LogP contribution in [0.3, 0.4) is 0 Å².